The summed E-state index contributed by atoms with van der Waals surface area (Å²) >= 11 is 0. The Bertz CT molecular complexity index is 439. The van der Waals surface area contributed by atoms with Gasteiger partial charge in [0.05, 0.1) is 0 Å². The van der Waals surface area contributed by atoms with E-state index >= 15 is 0 Å². The monoisotopic (exact) mass is 307 g/mol. The van der Waals surface area contributed by atoms with Gasteiger partial charge in [-0.05, 0) is 12.3 Å². The molecule has 0 saturated heterocycles. The molecule has 9 heteroatoms. The van der Waals surface area contributed by atoms with Gasteiger partial charge < -0.3 is 10.1 Å². The van der Waals surface area contributed by atoms with Crippen LogP contribution in [0.25, 0.3) is 0 Å². The zero-order valence-electron chi connectivity index (χ0n) is 12.0. The second kappa shape index (κ2) is 7.99. The summed E-state index contributed by atoms with van der Waals surface area (Å²) in [7, 11) is 0. The van der Waals surface area contributed by atoms with Crippen LogP contribution in [0.5, 0.6) is 0 Å². The van der Waals surface area contributed by atoms with Crippen LogP contribution in [-0.4, -0.2) is 29.7 Å². The lowest BCUT2D eigenvalue weighted by Crippen LogP contribution is -2.17. The number of hydrogen-bond donors (Lipinski definition) is 3. The molecule has 0 saturated carbocycles. The maximum Gasteiger partial charge on any atom is 0.433 e. The fourth-order valence-electron chi connectivity index (χ4n) is 1.46. The van der Waals surface area contributed by atoms with Crippen molar-refractivity contribution in [2.75, 3.05) is 30.5 Å². The van der Waals surface area contributed by atoms with Crippen molar-refractivity contribution in [1.29, 1.82) is 0 Å². The molecule has 1 rings (SSSR count). The lowest BCUT2D eigenvalue weighted by Gasteiger charge is -2.11. The second-order valence-corrected chi connectivity index (χ2v) is 4.85. The Labute approximate surface area is 121 Å². The number of hydrogen-bond acceptors (Lipinski definition) is 6. The van der Waals surface area contributed by atoms with Gasteiger partial charge in [0.2, 0.25) is 5.95 Å². The van der Waals surface area contributed by atoms with Crippen molar-refractivity contribution in [3.8, 4) is 0 Å². The molecule has 0 aromatic carbocycles. The van der Waals surface area contributed by atoms with Gasteiger partial charge in [-0.25, -0.2) is 10.8 Å². The summed E-state index contributed by atoms with van der Waals surface area (Å²) in [6.45, 7) is 5.71. The number of nitrogens with two attached hydrogens (primary N) is 1. The summed E-state index contributed by atoms with van der Waals surface area (Å²) in [5.74, 6) is 5.29. The van der Waals surface area contributed by atoms with Crippen molar-refractivity contribution >= 4 is 11.8 Å². The normalized spacial score (nSPS) is 11.8. The van der Waals surface area contributed by atoms with E-state index < -0.39 is 11.9 Å². The molecule has 0 aliphatic heterocycles. The summed E-state index contributed by atoms with van der Waals surface area (Å²) in [6.07, 6.45) is -3.89. The number of ether oxygens (including phenoxy) is 1. The zero-order valence-corrected chi connectivity index (χ0v) is 12.0. The number of hydrazine groups is 1. The van der Waals surface area contributed by atoms with E-state index in [2.05, 4.69) is 15.3 Å². The van der Waals surface area contributed by atoms with Gasteiger partial charge in [-0.1, -0.05) is 13.8 Å². The molecule has 21 heavy (non-hydrogen) atoms. The molecular formula is C12H20F3N5O. The molecule has 6 nitrogen and oxygen atoms in total. The van der Waals surface area contributed by atoms with Crippen LogP contribution in [0.3, 0.4) is 0 Å². The first-order valence-corrected chi connectivity index (χ1v) is 6.57. The standard InChI is InChI=1S/C12H20F3N5O/c1-8(2)7-21-5-3-4-17-10-6-9(12(13,14)15)18-11(19-10)20-16/h6,8H,3-5,7,16H2,1-2H3,(H2,17,18,19,20). The van der Waals surface area contributed by atoms with Crippen LogP contribution >= 0.6 is 0 Å². The number of aromatic nitrogens is 2. The number of halogens is 3. The van der Waals surface area contributed by atoms with E-state index in [4.69, 9.17) is 10.6 Å². The van der Waals surface area contributed by atoms with Gasteiger partial charge in [-0.3, -0.25) is 5.43 Å². The van der Waals surface area contributed by atoms with Gasteiger partial charge >= 0.3 is 6.18 Å². The van der Waals surface area contributed by atoms with Crippen molar-refractivity contribution < 1.29 is 17.9 Å². The topological polar surface area (TPSA) is 85.1 Å². The molecule has 1 heterocycles. The highest BCUT2D eigenvalue weighted by Gasteiger charge is 2.33. The Morgan fingerprint density at radius 2 is 2.05 bits per heavy atom. The summed E-state index contributed by atoms with van der Waals surface area (Å²) in [4.78, 5) is 7.08. The first kappa shape index (κ1) is 17.4. The van der Waals surface area contributed by atoms with Crippen LogP contribution in [0, 0.1) is 5.92 Å². The first-order valence-electron chi connectivity index (χ1n) is 6.57. The van der Waals surface area contributed by atoms with E-state index in [9.17, 15) is 13.2 Å². The molecule has 0 amide bonds. The number of nitrogens with one attached hydrogen (secondary N) is 2. The minimum Gasteiger partial charge on any atom is -0.381 e. The van der Waals surface area contributed by atoms with Crippen LogP contribution < -0.4 is 16.6 Å². The molecule has 0 aliphatic rings. The molecule has 0 fully saturated rings. The molecule has 0 bridgehead atoms. The van der Waals surface area contributed by atoms with Crippen LogP contribution in [0.2, 0.25) is 0 Å². The molecule has 1 aromatic rings. The highest BCUT2D eigenvalue weighted by Crippen LogP contribution is 2.29. The van der Waals surface area contributed by atoms with E-state index in [0.717, 1.165) is 6.07 Å². The number of nitrogen functional groups attached to an aromatic ring is 1. The van der Waals surface area contributed by atoms with Crippen molar-refractivity contribution in [3.05, 3.63) is 11.8 Å². The SMILES string of the molecule is CC(C)COCCCNc1cc(C(F)(F)F)nc(NN)n1. The van der Waals surface area contributed by atoms with Crippen LogP contribution in [0.4, 0.5) is 24.9 Å². The average molecular weight is 307 g/mol. The maximum atomic E-state index is 12.6. The van der Waals surface area contributed by atoms with E-state index in [1.54, 1.807) is 0 Å². The average Bonchev–Trinajstić information content (AvgIpc) is 2.41. The Balaban J connectivity index is 2.51. The van der Waals surface area contributed by atoms with Crippen molar-refractivity contribution in [3.63, 3.8) is 0 Å². The maximum absolute atomic E-state index is 12.6. The van der Waals surface area contributed by atoms with E-state index in [1.807, 2.05) is 19.3 Å². The zero-order chi connectivity index (χ0) is 15.9. The molecule has 0 unspecified atom stereocenters. The molecule has 0 radical (unpaired) electrons. The third-order valence-electron chi connectivity index (χ3n) is 2.37. The summed E-state index contributed by atoms with van der Waals surface area (Å²) in [5, 5.41) is 2.79. The minimum atomic E-state index is -4.55. The highest BCUT2D eigenvalue weighted by atomic mass is 19.4. The molecule has 0 aliphatic carbocycles. The number of rotatable bonds is 8. The predicted octanol–water partition coefficient (Wildman–Crippen LogP) is 2.26. The van der Waals surface area contributed by atoms with Gasteiger partial charge in [-0.15, -0.1) is 0 Å². The molecule has 120 valence electrons. The smallest absolute Gasteiger partial charge is 0.381 e. The van der Waals surface area contributed by atoms with Gasteiger partial charge in [-0.2, -0.15) is 18.2 Å². The van der Waals surface area contributed by atoms with E-state index in [-0.39, 0.29) is 11.8 Å². The Kier molecular flexibility index (Phi) is 6.63. The fraction of sp³-hybridized carbons (Fsp3) is 0.667. The number of nitrogens with zero attached hydrogens (tertiary/aromatic N) is 2. The van der Waals surface area contributed by atoms with Crippen molar-refractivity contribution in [2.24, 2.45) is 11.8 Å². The fourth-order valence-corrected chi connectivity index (χ4v) is 1.46. The van der Waals surface area contributed by atoms with Gasteiger partial charge in [0.1, 0.15) is 5.82 Å². The summed E-state index contributed by atoms with van der Waals surface area (Å²) in [5.41, 5.74) is 0.964. The lowest BCUT2D eigenvalue weighted by molar-refractivity contribution is -0.141. The summed E-state index contributed by atoms with van der Waals surface area (Å²) < 4.78 is 43.3. The molecule has 1 aromatic heterocycles. The summed E-state index contributed by atoms with van der Waals surface area (Å²) in [6, 6.07) is 0.843. The van der Waals surface area contributed by atoms with Crippen molar-refractivity contribution in [2.45, 2.75) is 26.4 Å². The Hall–Kier alpha value is -1.61. The second-order valence-electron chi connectivity index (χ2n) is 4.85. The number of alkyl halides is 3. The Morgan fingerprint density at radius 3 is 2.62 bits per heavy atom. The predicted molar refractivity (Wildman–Crippen MR) is 73.6 cm³/mol. The van der Waals surface area contributed by atoms with Crippen LogP contribution in [0.15, 0.2) is 6.07 Å². The molecule has 4 N–H and O–H groups in total. The molecular weight excluding hydrogens is 287 g/mol. The molecule has 0 atom stereocenters. The van der Waals surface area contributed by atoms with Gasteiger partial charge in [0, 0.05) is 25.8 Å². The lowest BCUT2D eigenvalue weighted by atomic mass is 10.2. The quantitative estimate of drug-likeness (QED) is 0.388. The minimum absolute atomic E-state index is 0.0640. The van der Waals surface area contributed by atoms with Gasteiger partial charge in [0.25, 0.3) is 0 Å². The van der Waals surface area contributed by atoms with Crippen LogP contribution in [-0.2, 0) is 10.9 Å². The van der Waals surface area contributed by atoms with Crippen molar-refractivity contribution in [1.82, 2.24) is 9.97 Å². The van der Waals surface area contributed by atoms with Gasteiger partial charge in [0.15, 0.2) is 5.69 Å². The third kappa shape index (κ3) is 6.58. The van der Waals surface area contributed by atoms with E-state index in [1.165, 1.54) is 0 Å². The van der Waals surface area contributed by atoms with Crippen LogP contribution in [0.1, 0.15) is 26.0 Å². The highest BCUT2D eigenvalue weighted by molar-refractivity contribution is 5.42. The Morgan fingerprint density at radius 1 is 1.33 bits per heavy atom. The number of anilines is 2. The largest absolute Gasteiger partial charge is 0.433 e. The molecule has 0 spiro atoms. The first-order chi connectivity index (χ1) is 9.82. The van der Waals surface area contributed by atoms with E-state index in [0.29, 0.717) is 32.1 Å². The third-order valence-corrected chi connectivity index (χ3v) is 2.37.